The lowest BCUT2D eigenvalue weighted by atomic mass is 9.44. The molecule has 11 atom stereocenters. The van der Waals surface area contributed by atoms with Gasteiger partial charge in [0, 0.05) is 31.3 Å². The number of methoxy groups -OCH3 is 1. The number of alkyl carbamates (subject to hydrolysis) is 1. The number of benzene rings is 1. The number of ketones is 1. The molecule has 3 aliphatic carbocycles. The van der Waals surface area contributed by atoms with Crippen LogP contribution in [0.1, 0.15) is 62.7 Å². The molecule has 16 heteroatoms. The van der Waals surface area contributed by atoms with E-state index in [2.05, 4.69) is 5.32 Å². The Morgan fingerprint density at radius 3 is 2.33 bits per heavy atom. The largest absolute Gasteiger partial charge is 0.467 e. The number of hydrogen-bond acceptors (Lipinski definition) is 15. The smallest absolute Gasteiger partial charge is 0.407 e. The first-order valence-corrected chi connectivity index (χ1v) is 17.7. The summed E-state index contributed by atoms with van der Waals surface area (Å²) < 4.78 is 32.9. The topological polar surface area (TPSA) is 241 Å². The highest BCUT2D eigenvalue weighted by atomic mass is 16.6. The molecular weight excluding hydrogens is 710 g/mol. The number of ether oxygens (including phenoxy) is 5. The average molecular weight is 758 g/mol. The minimum absolute atomic E-state index is 0.0265. The zero-order valence-electron chi connectivity index (χ0n) is 30.6. The van der Waals surface area contributed by atoms with E-state index in [1.165, 1.54) is 65.3 Å². The maximum atomic E-state index is 14.6. The third-order valence-corrected chi connectivity index (χ3v) is 12.1. The molecule has 1 aliphatic heterocycles. The van der Waals surface area contributed by atoms with Crippen molar-refractivity contribution in [1.82, 2.24) is 5.32 Å². The Kier molecular flexibility index (Phi) is 10.6. The maximum Gasteiger partial charge on any atom is 0.407 e. The van der Waals surface area contributed by atoms with E-state index in [1.54, 1.807) is 18.2 Å². The van der Waals surface area contributed by atoms with Crippen LogP contribution in [-0.4, -0.2) is 124 Å². The van der Waals surface area contributed by atoms with E-state index in [4.69, 9.17) is 28.1 Å². The zero-order valence-corrected chi connectivity index (χ0v) is 30.6. The summed E-state index contributed by atoms with van der Waals surface area (Å²) in [5.41, 5.74) is -7.66. The summed E-state index contributed by atoms with van der Waals surface area (Å²) in [5.74, 6) is -4.68. The summed E-state index contributed by atoms with van der Waals surface area (Å²) >= 11 is 0. The third-order valence-electron chi connectivity index (χ3n) is 12.1. The minimum Gasteiger partial charge on any atom is -0.467 e. The van der Waals surface area contributed by atoms with Crippen LogP contribution in [0.2, 0.25) is 0 Å². The van der Waals surface area contributed by atoms with Crippen LogP contribution in [0.5, 0.6) is 0 Å². The summed E-state index contributed by atoms with van der Waals surface area (Å²) in [5, 5.41) is 62.7. The predicted octanol–water partition coefficient (Wildman–Crippen LogP) is 1.13. The Labute approximate surface area is 311 Å². The Balaban J connectivity index is 1.43. The first kappa shape index (κ1) is 39.5. The van der Waals surface area contributed by atoms with Crippen molar-refractivity contribution in [3.05, 3.63) is 71.2 Å². The lowest BCUT2D eigenvalue weighted by Crippen LogP contribution is -2.81. The second-order valence-electron chi connectivity index (χ2n) is 15.2. The molecule has 2 bridgehead atoms. The van der Waals surface area contributed by atoms with Gasteiger partial charge in [-0.2, -0.15) is 0 Å². The van der Waals surface area contributed by atoms with E-state index in [0.717, 1.165) is 0 Å². The number of furan rings is 1. The predicted molar refractivity (Wildman–Crippen MR) is 183 cm³/mol. The van der Waals surface area contributed by atoms with Crippen LogP contribution < -0.4 is 5.32 Å². The number of carbonyl (C=O) groups is 4. The van der Waals surface area contributed by atoms with Gasteiger partial charge in [-0.15, -0.1) is 0 Å². The van der Waals surface area contributed by atoms with Crippen LogP contribution in [0.3, 0.4) is 0 Å². The second-order valence-corrected chi connectivity index (χ2v) is 15.2. The van der Waals surface area contributed by atoms with Gasteiger partial charge in [-0.3, -0.25) is 4.79 Å². The molecule has 2 heterocycles. The van der Waals surface area contributed by atoms with Crippen molar-refractivity contribution in [3.63, 3.8) is 0 Å². The standard InChI is InChI=1S/C38H47NO15/c1-19-22(53-33(45)28(42)26(21-12-9-13-50-21)39-34(46)51-15-14-49-5)17-38(48)31(54-32(44)20-10-7-6-8-11-20)29-36(4,23(40)16-24-37(29,47)18-52-24)30(43)27(41)25(19)35(38,2)3/h6-13,22-24,26-29,31,40-42,47-48H,14-18H2,1-5H3,(H,39,46)/t22-,23-,24+,26-,27+,28+,29-,31-,36+,37-,38+/m0/s1. The Morgan fingerprint density at radius 2 is 1.72 bits per heavy atom. The average Bonchev–Trinajstić information content (AvgIpc) is 3.67. The first-order chi connectivity index (χ1) is 25.4. The Hall–Kier alpha value is -4.16. The molecule has 16 nitrogen and oxygen atoms in total. The molecule has 4 aliphatic rings. The summed E-state index contributed by atoms with van der Waals surface area (Å²) in [4.78, 5) is 54.9. The van der Waals surface area contributed by atoms with Crippen molar-refractivity contribution in [2.24, 2.45) is 16.7 Å². The van der Waals surface area contributed by atoms with Crippen LogP contribution in [0.15, 0.2) is 64.3 Å². The Morgan fingerprint density at radius 1 is 1.02 bits per heavy atom. The third kappa shape index (κ3) is 6.23. The first-order valence-electron chi connectivity index (χ1n) is 17.7. The summed E-state index contributed by atoms with van der Waals surface area (Å²) in [7, 11) is 1.41. The normalized spacial score (nSPS) is 35.2. The number of amides is 1. The van der Waals surface area contributed by atoms with Gasteiger partial charge in [0.05, 0.1) is 42.7 Å². The van der Waals surface area contributed by atoms with E-state index in [1.807, 2.05) is 0 Å². The second kappa shape index (κ2) is 14.5. The number of nitrogens with one attached hydrogen (secondary N) is 1. The molecule has 294 valence electrons. The molecule has 0 radical (unpaired) electrons. The summed E-state index contributed by atoms with van der Waals surface area (Å²) in [6, 6.07) is 9.20. The number of carbonyl (C=O) groups excluding carboxylic acids is 4. The highest BCUT2D eigenvalue weighted by Crippen LogP contribution is 2.63. The van der Waals surface area contributed by atoms with Crippen molar-refractivity contribution in [2.45, 2.75) is 94.4 Å². The molecule has 6 rings (SSSR count). The highest BCUT2D eigenvalue weighted by Gasteiger charge is 2.76. The molecule has 0 unspecified atom stereocenters. The van der Waals surface area contributed by atoms with Crippen molar-refractivity contribution in [3.8, 4) is 0 Å². The molecule has 6 N–H and O–H groups in total. The fourth-order valence-corrected chi connectivity index (χ4v) is 8.88. The van der Waals surface area contributed by atoms with Crippen molar-refractivity contribution >= 4 is 23.8 Å². The SMILES string of the molecule is COCCOC(=O)N[C@@H](c1ccco1)[C@@H](O)C(=O)O[C@H]1C[C@@]2(O)[C@@H](OC(=O)c3ccccc3)[C@@H]3[C@]4(O)CO[C@@H]4C[C@H](O)[C@@]3(C)C(=O)[C@H](O)C(=C1C)C2(C)C. The van der Waals surface area contributed by atoms with E-state index < -0.39 is 101 Å². The van der Waals surface area contributed by atoms with Gasteiger partial charge in [-0.25, -0.2) is 14.4 Å². The van der Waals surface area contributed by atoms with Crippen LogP contribution in [-0.2, 0) is 33.3 Å². The monoisotopic (exact) mass is 757 g/mol. The van der Waals surface area contributed by atoms with Gasteiger partial charge in [0.25, 0.3) is 0 Å². The number of aliphatic hydroxyl groups excluding tert-OH is 3. The molecule has 1 saturated heterocycles. The molecular formula is C38H47NO15. The molecule has 3 fully saturated rings. The zero-order chi connectivity index (χ0) is 39.4. The highest BCUT2D eigenvalue weighted by molar-refractivity contribution is 5.94. The van der Waals surface area contributed by atoms with Crippen LogP contribution in [0.4, 0.5) is 4.79 Å². The molecule has 54 heavy (non-hydrogen) atoms. The van der Waals surface area contributed by atoms with Crippen LogP contribution in [0, 0.1) is 16.7 Å². The molecule has 0 spiro atoms. The van der Waals surface area contributed by atoms with E-state index in [-0.39, 0.29) is 48.7 Å². The number of rotatable bonds is 10. The fraction of sp³-hybridized carbons (Fsp3) is 0.579. The maximum absolute atomic E-state index is 14.6. The van der Waals surface area contributed by atoms with Crippen LogP contribution >= 0.6 is 0 Å². The number of aliphatic hydroxyl groups is 5. The Bertz CT molecular complexity index is 1780. The lowest BCUT2D eigenvalue weighted by molar-refractivity contribution is -0.343. The van der Waals surface area contributed by atoms with Crippen LogP contribution in [0.25, 0.3) is 0 Å². The van der Waals surface area contributed by atoms with E-state index >= 15 is 0 Å². The molecule has 2 aromatic rings. The van der Waals surface area contributed by atoms with Gasteiger partial charge in [0.15, 0.2) is 11.9 Å². The summed E-state index contributed by atoms with van der Waals surface area (Å²) in [6.07, 6.45) is -10.3. The summed E-state index contributed by atoms with van der Waals surface area (Å²) in [6.45, 7) is 5.54. The van der Waals surface area contributed by atoms with Gasteiger partial charge in [0.2, 0.25) is 0 Å². The number of hydrogen-bond donors (Lipinski definition) is 6. The fourth-order valence-electron chi connectivity index (χ4n) is 8.88. The lowest BCUT2D eigenvalue weighted by Gasteiger charge is -2.66. The van der Waals surface area contributed by atoms with Crippen molar-refractivity contribution in [2.75, 3.05) is 26.9 Å². The van der Waals surface area contributed by atoms with Gasteiger partial charge in [-0.05, 0) is 49.3 Å². The van der Waals surface area contributed by atoms with Gasteiger partial charge in [-0.1, -0.05) is 32.0 Å². The number of Topliss-reactive ketones (excluding diaryl/α,β-unsaturated/α-hetero) is 1. The van der Waals surface area contributed by atoms with Crippen molar-refractivity contribution < 1.29 is 72.8 Å². The van der Waals surface area contributed by atoms with Gasteiger partial charge in [0.1, 0.15) is 47.9 Å². The van der Waals surface area contributed by atoms with E-state index in [9.17, 15) is 44.7 Å². The molecule has 1 aromatic heterocycles. The molecule has 1 amide bonds. The number of fused-ring (bicyclic) bond motifs is 5. The van der Waals surface area contributed by atoms with Crippen molar-refractivity contribution in [1.29, 1.82) is 0 Å². The minimum atomic E-state index is -2.33. The van der Waals surface area contributed by atoms with Gasteiger partial charge < -0.3 is 59.0 Å². The van der Waals surface area contributed by atoms with E-state index in [0.29, 0.717) is 0 Å². The molecule has 2 saturated carbocycles. The van der Waals surface area contributed by atoms with Gasteiger partial charge >= 0.3 is 18.0 Å². The molecule has 1 aromatic carbocycles. The number of esters is 2. The quantitative estimate of drug-likeness (QED) is 0.0862.